The van der Waals surface area contributed by atoms with Crippen LogP contribution >= 0.6 is 12.4 Å². The number of nitrogens with two attached hydrogens (primary N) is 1. The lowest BCUT2D eigenvalue weighted by Crippen LogP contribution is -2.44. The molecule has 1 aromatic carbocycles. The van der Waals surface area contributed by atoms with E-state index in [0.29, 0.717) is 12.3 Å². The summed E-state index contributed by atoms with van der Waals surface area (Å²) in [7, 11) is 0. The van der Waals surface area contributed by atoms with Crippen molar-refractivity contribution in [3.63, 3.8) is 0 Å². The maximum absolute atomic E-state index is 12.0. The Balaban J connectivity index is 0.00000220. The second kappa shape index (κ2) is 9.06. The average Bonchev–Trinajstić information content (AvgIpc) is 2.47. The maximum Gasteiger partial charge on any atom is 0.237 e. The highest BCUT2D eigenvalue weighted by atomic mass is 35.5. The predicted octanol–water partition coefficient (Wildman–Crippen LogP) is 2.92. The van der Waals surface area contributed by atoms with E-state index in [2.05, 4.69) is 12.2 Å². The van der Waals surface area contributed by atoms with Crippen LogP contribution in [-0.2, 0) is 11.2 Å². The van der Waals surface area contributed by atoms with Gasteiger partial charge in [0.2, 0.25) is 5.91 Å². The monoisotopic (exact) mass is 310 g/mol. The van der Waals surface area contributed by atoms with Crippen molar-refractivity contribution in [2.45, 2.75) is 45.1 Å². The van der Waals surface area contributed by atoms with Crippen LogP contribution in [0.3, 0.4) is 0 Å². The molecule has 4 heteroatoms. The first-order valence-electron chi connectivity index (χ1n) is 7.72. The molecule has 1 aliphatic rings. The van der Waals surface area contributed by atoms with Crippen molar-refractivity contribution in [2.24, 2.45) is 17.6 Å². The fourth-order valence-electron chi connectivity index (χ4n) is 2.87. The minimum absolute atomic E-state index is 0. The van der Waals surface area contributed by atoms with Crippen molar-refractivity contribution in [1.29, 1.82) is 0 Å². The summed E-state index contributed by atoms with van der Waals surface area (Å²) in [4.78, 5) is 12.0. The molecule has 0 bridgehead atoms. The van der Waals surface area contributed by atoms with Crippen LogP contribution in [0, 0.1) is 11.8 Å². The number of hydrogen-bond acceptors (Lipinski definition) is 2. The van der Waals surface area contributed by atoms with Crippen molar-refractivity contribution in [1.82, 2.24) is 5.32 Å². The van der Waals surface area contributed by atoms with Gasteiger partial charge in [-0.2, -0.15) is 0 Å². The van der Waals surface area contributed by atoms with Gasteiger partial charge in [-0.05, 0) is 36.7 Å². The van der Waals surface area contributed by atoms with Crippen LogP contribution in [0.1, 0.15) is 38.2 Å². The smallest absolute Gasteiger partial charge is 0.237 e. The molecule has 0 aromatic heterocycles. The highest BCUT2D eigenvalue weighted by Gasteiger charge is 2.20. The Hall–Kier alpha value is -1.06. The van der Waals surface area contributed by atoms with E-state index in [-0.39, 0.29) is 18.3 Å². The molecule has 21 heavy (non-hydrogen) atoms. The molecule has 0 radical (unpaired) electrons. The third-order valence-corrected chi connectivity index (χ3v) is 4.34. The zero-order chi connectivity index (χ0) is 14.4. The highest BCUT2D eigenvalue weighted by molar-refractivity contribution is 5.85. The van der Waals surface area contributed by atoms with Gasteiger partial charge in [-0.3, -0.25) is 4.79 Å². The summed E-state index contributed by atoms with van der Waals surface area (Å²) in [5.41, 5.74) is 7.09. The first-order valence-corrected chi connectivity index (χ1v) is 7.72. The van der Waals surface area contributed by atoms with Gasteiger partial charge in [0.15, 0.2) is 0 Å². The third-order valence-electron chi connectivity index (χ3n) is 4.34. The Morgan fingerprint density at radius 2 is 1.86 bits per heavy atom. The van der Waals surface area contributed by atoms with Crippen molar-refractivity contribution >= 4 is 18.3 Å². The molecule has 1 fully saturated rings. The molecule has 2 rings (SSSR count). The molecule has 1 atom stereocenters. The second-order valence-corrected chi connectivity index (χ2v) is 6.17. The Labute approximate surface area is 134 Å². The number of nitrogens with one attached hydrogen (secondary N) is 1. The van der Waals surface area contributed by atoms with Gasteiger partial charge in [-0.25, -0.2) is 0 Å². The number of amides is 1. The minimum Gasteiger partial charge on any atom is -0.354 e. The van der Waals surface area contributed by atoms with E-state index >= 15 is 0 Å². The first-order chi connectivity index (χ1) is 9.65. The topological polar surface area (TPSA) is 55.1 Å². The number of rotatable bonds is 5. The van der Waals surface area contributed by atoms with Gasteiger partial charge in [0.05, 0.1) is 6.04 Å². The molecule has 118 valence electrons. The number of halogens is 1. The Kier molecular flexibility index (Phi) is 7.76. The zero-order valence-electron chi connectivity index (χ0n) is 12.8. The van der Waals surface area contributed by atoms with Gasteiger partial charge in [-0.15, -0.1) is 12.4 Å². The summed E-state index contributed by atoms with van der Waals surface area (Å²) in [6.45, 7) is 3.10. The van der Waals surface area contributed by atoms with Crippen molar-refractivity contribution in [3.8, 4) is 0 Å². The van der Waals surface area contributed by atoms with Gasteiger partial charge in [0.25, 0.3) is 0 Å². The molecule has 3 N–H and O–H groups in total. The van der Waals surface area contributed by atoms with E-state index < -0.39 is 6.04 Å². The Morgan fingerprint density at radius 3 is 2.48 bits per heavy atom. The molecule has 0 heterocycles. The van der Waals surface area contributed by atoms with Crippen LogP contribution < -0.4 is 11.1 Å². The average molecular weight is 311 g/mol. The molecule has 0 spiro atoms. The quantitative estimate of drug-likeness (QED) is 0.878. The number of carbonyl (C=O) groups is 1. The fourth-order valence-corrected chi connectivity index (χ4v) is 2.87. The standard InChI is InChI=1S/C17H26N2O.ClH/c1-13-7-9-15(10-8-13)12-19-17(20)16(18)11-14-5-3-2-4-6-14;/h2-6,13,15-16H,7-12,18H2,1H3,(H,19,20);1H/t13?,15?,16-;/m0./s1. The molecule has 1 saturated carbocycles. The van der Waals surface area contributed by atoms with Crippen LogP contribution in [0.5, 0.6) is 0 Å². The minimum atomic E-state index is -0.445. The molecular formula is C17H27ClN2O. The van der Waals surface area contributed by atoms with E-state index in [4.69, 9.17) is 5.73 Å². The second-order valence-electron chi connectivity index (χ2n) is 6.17. The van der Waals surface area contributed by atoms with Gasteiger partial charge < -0.3 is 11.1 Å². The Bertz CT molecular complexity index is 416. The molecule has 3 nitrogen and oxygen atoms in total. The summed E-state index contributed by atoms with van der Waals surface area (Å²) >= 11 is 0. The van der Waals surface area contributed by atoms with Crippen LogP contribution in [-0.4, -0.2) is 18.5 Å². The molecule has 1 amide bonds. The van der Waals surface area contributed by atoms with Crippen LogP contribution in [0.4, 0.5) is 0 Å². The van der Waals surface area contributed by atoms with Gasteiger partial charge in [0, 0.05) is 6.54 Å². The molecule has 0 aliphatic heterocycles. The van der Waals surface area contributed by atoms with Gasteiger partial charge >= 0.3 is 0 Å². The van der Waals surface area contributed by atoms with Crippen LogP contribution in [0.25, 0.3) is 0 Å². The predicted molar refractivity (Wildman–Crippen MR) is 89.5 cm³/mol. The summed E-state index contributed by atoms with van der Waals surface area (Å²) in [5.74, 6) is 1.47. The third kappa shape index (κ3) is 6.06. The highest BCUT2D eigenvalue weighted by Crippen LogP contribution is 2.27. The van der Waals surface area contributed by atoms with Gasteiger partial charge in [0.1, 0.15) is 0 Å². The molecule has 1 aliphatic carbocycles. The number of carbonyl (C=O) groups excluding carboxylic acids is 1. The summed E-state index contributed by atoms with van der Waals surface area (Å²) in [5, 5.41) is 3.02. The largest absolute Gasteiger partial charge is 0.354 e. The van der Waals surface area contributed by atoms with Crippen LogP contribution in [0.15, 0.2) is 30.3 Å². The van der Waals surface area contributed by atoms with E-state index in [0.717, 1.165) is 18.0 Å². The first kappa shape index (κ1) is 18.0. The summed E-state index contributed by atoms with van der Waals surface area (Å²) < 4.78 is 0. The molecule has 0 unspecified atom stereocenters. The lowest BCUT2D eigenvalue weighted by Gasteiger charge is -2.26. The summed E-state index contributed by atoms with van der Waals surface area (Å²) in [6, 6.07) is 9.50. The van der Waals surface area contributed by atoms with E-state index in [1.165, 1.54) is 25.7 Å². The fraction of sp³-hybridized carbons (Fsp3) is 0.588. The lowest BCUT2D eigenvalue weighted by molar-refractivity contribution is -0.122. The molecule has 1 aromatic rings. The van der Waals surface area contributed by atoms with Gasteiger partial charge in [-0.1, -0.05) is 50.1 Å². The molecular weight excluding hydrogens is 284 g/mol. The normalized spacial score (nSPS) is 23.0. The Morgan fingerprint density at radius 1 is 1.24 bits per heavy atom. The van der Waals surface area contributed by atoms with Crippen molar-refractivity contribution in [3.05, 3.63) is 35.9 Å². The molecule has 0 saturated heterocycles. The van der Waals surface area contributed by atoms with E-state index in [9.17, 15) is 4.79 Å². The number of hydrogen-bond donors (Lipinski definition) is 2. The summed E-state index contributed by atoms with van der Waals surface area (Å²) in [6.07, 6.45) is 5.65. The zero-order valence-corrected chi connectivity index (χ0v) is 13.6. The lowest BCUT2D eigenvalue weighted by atomic mass is 9.83. The van der Waals surface area contributed by atoms with Crippen molar-refractivity contribution < 1.29 is 4.79 Å². The SMILES string of the molecule is CC1CCC(CNC(=O)[C@@H](N)Cc2ccccc2)CC1.Cl. The van der Waals surface area contributed by atoms with Crippen LogP contribution in [0.2, 0.25) is 0 Å². The number of benzene rings is 1. The van der Waals surface area contributed by atoms with Crippen molar-refractivity contribution in [2.75, 3.05) is 6.54 Å². The maximum atomic E-state index is 12.0. The van der Waals surface area contributed by atoms with E-state index in [1.807, 2.05) is 30.3 Å². The van der Waals surface area contributed by atoms with E-state index in [1.54, 1.807) is 0 Å².